The van der Waals surface area contributed by atoms with E-state index < -0.39 is 5.97 Å². The number of carboxylic acid groups (broad SMARTS) is 1. The molecule has 0 fully saturated rings. The number of hydrogen-bond acceptors (Lipinski definition) is 2. The zero-order valence-electron chi connectivity index (χ0n) is 13.0. The van der Waals surface area contributed by atoms with Gasteiger partial charge in [0.2, 0.25) is 0 Å². The van der Waals surface area contributed by atoms with Crippen molar-refractivity contribution in [1.82, 2.24) is 0 Å². The van der Waals surface area contributed by atoms with E-state index in [4.69, 9.17) is 9.84 Å². The third-order valence-corrected chi connectivity index (χ3v) is 4.03. The second kappa shape index (κ2) is 6.53. The first-order valence-electron chi connectivity index (χ1n) is 7.56. The van der Waals surface area contributed by atoms with Gasteiger partial charge in [0.05, 0.1) is 7.11 Å². The lowest BCUT2D eigenvalue weighted by atomic mass is 9.91. The number of benzene rings is 3. The van der Waals surface area contributed by atoms with Crippen LogP contribution in [0.4, 0.5) is 0 Å². The molecule has 23 heavy (non-hydrogen) atoms. The van der Waals surface area contributed by atoms with Crippen molar-refractivity contribution in [2.24, 2.45) is 0 Å². The van der Waals surface area contributed by atoms with E-state index in [0.717, 1.165) is 33.2 Å². The van der Waals surface area contributed by atoms with Gasteiger partial charge in [0.15, 0.2) is 0 Å². The standard InChI is InChI=1S/C20H18O3/c1-23-16-9-6-15(7-10-16)18-11-8-14-4-2-3-5-17(14)19(18)12-13-20(21)22/h2-11H,12-13H2,1H3,(H,21,22). The average Bonchev–Trinajstić information content (AvgIpc) is 2.59. The second-order valence-electron chi connectivity index (χ2n) is 5.44. The predicted octanol–water partition coefficient (Wildman–Crippen LogP) is 4.53. The Morgan fingerprint density at radius 1 is 1.00 bits per heavy atom. The van der Waals surface area contributed by atoms with Crippen LogP contribution in [0.15, 0.2) is 60.7 Å². The van der Waals surface area contributed by atoms with Gasteiger partial charge in [0, 0.05) is 6.42 Å². The topological polar surface area (TPSA) is 46.5 Å². The van der Waals surface area contributed by atoms with E-state index in [1.807, 2.05) is 36.4 Å². The molecule has 0 spiro atoms. The molecule has 0 aliphatic carbocycles. The van der Waals surface area contributed by atoms with E-state index in [2.05, 4.69) is 24.3 Å². The molecule has 3 aromatic carbocycles. The van der Waals surface area contributed by atoms with Crippen molar-refractivity contribution in [2.75, 3.05) is 7.11 Å². The van der Waals surface area contributed by atoms with Crippen molar-refractivity contribution in [3.05, 3.63) is 66.2 Å². The Labute approximate surface area is 135 Å². The number of carboxylic acids is 1. The van der Waals surface area contributed by atoms with Crippen LogP contribution in [0.2, 0.25) is 0 Å². The molecule has 3 heteroatoms. The Balaban J connectivity index is 2.13. The number of hydrogen-bond donors (Lipinski definition) is 1. The summed E-state index contributed by atoms with van der Waals surface area (Å²) in [6.07, 6.45) is 0.634. The van der Waals surface area contributed by atoms with Crippen LogP contribution >= 0.6 is 0 Å². The van der Waals surface area contributed by atoms with Crippen LogP contribution in [-0.2, 0) is 11.2 Å². The van der Waals surface area contributed by atoms with Gasteiger partial charge in [0.1, 0.15) is 5.75 Å². The Bertz CT molecular complexity index is 835. The maximum atomic E-state index is 11.0. The molecule has 116 valence electrons. The molecule has 0 saturated carbocycles. The largest absolute Gasteiger partial charge is 0.497 e. The number of ether oxygens (including phenoxy) is 1. The molecule has 1 N–H and O–H groups in total. The van der Waals surface area contributed by atoms with Crippen molar-refractivity contribution < 1.29 is 14.6 Å². The van der Waals surface area contributed by atoms with Crippen molar-refractivity contribution in [2.45, 2.75) is 12.8 Å². The maximum absolute atomic E-state index is 11.0. The number of rotatable bonds is 5. The van der Waals surface area contributed by atoms with Crippen LogP contribution in [-0.4, -0.2) is 18.2 Å². The summed E-state index contributed by atoms with van der Waals surface area (Å²) in [6.45, 7) is 0. The molecular weight excluding hydrogens is 288 g/mol. The highest BCUT2D eigenvalue weighted by atomic mass is 16.5. The molecule has 3 aromatic rings. The molecule has 0 atom stereocenters. The maximum Gasteiger partial charge on any atom is 0.303 e. The summed E-state index contributed by atoms with van der Waals surface area (Å²) in [6, 6.07) is 20.1. The minimum absolute atomic E-state index is 0.122. The Hall–Kier alpha value is -2.81. The van der Waals surface area contributed by atoms with Gasteiger partial charge < -0.3 is 9.84 Å². The monoisotopic (exact) mass is 306 g/mol. The first-order valence-corrected chi connectivity index (χ1v) is 7.56. The minimum atomic E-state index is -0.779. The van der Waals surface area contributed by atoms with E-state index in [9.17, 15) is 4.79 Å². The molecule has 0 unspecified atom stereocenters. The lowest BCUT2D eigenvalue weighted by molar-refractivity contribution is -0.136. The summed E-state index contributed by atoms with van der Waals surface area (Å²) >= 11 is 0. The zero-order valence-corrected chi connectivity index (χ0v) is 13.0. The lowest BCUT2D eigenvalue weighted by Crippen LogP contribution is -2.00. The fourth-order valence-corrected chi connectivity index (χ4v) is 2.88. The van der Waals surface area contributed by atoms with E-state index in [0.29, 0.717) is 6.42 Å². The molecule has 3 nitrogen and oxygen atoms in total. The van der Waals surface area contributed by atoms with Gasteiger partial charge in [-0.25, -0.2) is 0 Å². The van der Waals surface area contributed by atoms with E-state index >= 15 is 0 Å². The van der Waals surface area contributed by atoms with Crippen LogP contribution in [0.5, 0.6) is 5.75 Å². The predicted molar refractivity (Wildman–Crippen MR) is 91.9 cm³/mol. The van der Waals surface area contributed by atoms with Gasteiger partial charge >= 0.3 is 5.97 Å². The van der Waals surface area contributed by atoms with Gasteiger partial charge in [-0.1, -0.05) is 48.5 Å². The average molecular weight is 306 g/mol. The summed E-state index contributed by atoms with van der Waals surface area (Å²) in [4.78, 5) is 11.0. The van der Waals surface area contributed by atoms with E-state index in [1.165, 1.54) is 0 Å². The zero-order chi connectivity index (χ0) is 16.2. The molecule has 0 aliphatic heterocycles. The third kappa shape index (κ3) is 3.19. The minimum Gasteiger partial charge on any atom is -0.497 e. The number of fused-ring (bicyclic) bond motifs is 1. The molecule has 0 amide bonds. The number of aryl methyl sites for hydroxylation is 1. The Kier molecular flexibility index (Phi) is 4.29. The fourth-order valence-electron chi connectivity index (χ4n) is 2.88. The highest BCUT2D eigenvalue weighted by Gasteiger charge is 2.11. The molecule has 0 aromatic heterocycles. The summed E-state index contributed by atoms with van der Waals surface area (Å²) < 4.78 is 5.21. The van der Waals surface area contributed by atoms with Crippen LogP contribution < -0.4 is 4.74 Å². The van der Waals surface area contributed by atoms with E-state index in [-0.39, 0.29) is 6.42 Å². The Morgan fingerprint density at radius 3 is 2.43 bits per heavy atom. The number of aliphatic carboxylic acids is 1. The first kappa shape index (κ1) is 15.1. The molecule has 0 bridgehead atoms. The van der Waals surface area contributed by atoms with Crippen LogP contribution in [0.3, 0.4) is 0 Å². The highest BCUT2D eigenvalue weighted by molar-refractivity contribution is 5.92. The van der Waals surface area contributed by atoms with Gasteiger partial charge in [-0.15, -0.1) is 0 Å². The lowest BCUT2D eigenvalue weighted by Gasteiger charge is -2.13. The smallest absolute Gasteiger partial charge is 0.303 e. The number of carbonyl (C=O) groups is 1. The van der Waals surface area contributed by atoms with Crippen LogP contribution in [0.25, 0.3) is 21.9 Å². The van der Waals surface area contributed by atoms with Crippen molar-refractivity contribution in [1.29, 1.82) is 0 Å². The van der Waals surface area contributed by atoms with Crippen LogP contribution in [0.1, 0.15) is 12.0 Å². The van der Waals surface area contributed by atoms with Crippen molar-refractivity contribution in [3.63, 3.8) is 0 Å². The van der Waals surface area contributed by atoms with Gasteiger partial charge in [0.25, 0.3) is 0 Å². The summed E-state index contributed by atoms with van der Waals surface area (Å²) in [5, 5.41) is 11.3. The number of methoxy groups -OCH3 is 1. The van der Waals surface area contributed by atoms with Gasteiger partial charge in [-0.05, 0) is 46.0 Å². The van der Waals surface area contributed by atoms with E-state index in [1.54, 1.807) is 7.11 Å². The summed E-state index contributed by atoms with van der Waals surface area (Å²) in [5.41, 5.74) is 3.22. The Morgan fingerprint density at radius 2 is 1.74 bits per heavy atom. The quantitative estimate of drug-likeness (QED) is 0.753. The molecule has 3 rings (SSSR count). The molecule has 0 heterocycles. The normalized spacial score (nSPS) is 10.7. The third-order valence-electron chi connectivity index (χ3n) is 4.03. The summed E-state index contributed by atoms with van der Waals surface area (Å²) in [7, 11) is 1.64. The fraction of sp³-hybridized carbons (Fsp3) is 0.150. The summed E-state index contributed by atoms with van der Waals surface area (Å²) in [5.74, 6) is 0.0280. The van der Waals surface area contributed by atoms with Crippen molar-refractivity contribution in [3.8, 4) is 16.9 Å². The van der Waals surface area contributed by atoms with Gasteiger partial charge in [-0.3, -0.25) is 4.79 Å². The second-order valence-corrected chi connectivity index (χ2v) is 5.44. The van der Waals surface area contributed by atoms with Gasteiger partial charge in [-0.2, -0.15) is 0 Å². The molecular formula is C20H18O3. The first-order chi connectivity index (χ1) is 11.2. The molecule has 0 saturated heterocycles. The molecule has 0 radical (unpaired) electrons. The highest BCUT2D eigenvalue weighted by Crippen LogP contribution is 2.32. The van der Waals surface area contributed by atoms with Crippen LogP contribution in [0, 0.1) is 0 Å². The van der Waals surface area contributed by atoms with Crippen molar-refractivity contribution >= 4 is 16.7 Å². The SMILES string of the molecule is COc1ccc(-c2ccc3ccccc3c2CCC(=O)O)cc1. The molecule has 0 aliphatic rings.